The van der Waals surface area contributed by atoms with Gasteiger partial charge in [-0.2, -0.15) is 0 Å². The van der Waals surface area contributed by atoms with E-state index >= 15 is 0 Å². The van der Waals surface area contributed by atoms with Gasteiger partial charge in [0, 0.05) is 20.3 Å². The second-order valence-corrected chi connectivity index (χ2v) is 8.30. The van der Waals surface area contributed by atoms with E-state index in [2.05, 4.69) is 10.3 Å². The van der Waals surface area contributed by atoms with Gasteiger partial charge in [-0.05, 0) is 37.3 Å². The van der Waals surface area contributed by atoms with Gasteiger partial charge in [-0.15, -0.1) is 0 Å². The zero-order chi connectivity index (χ0) is 20.2. The molecule has 0 saturated carbocycles. The molecular formula is C17H18ClN3O5S. The normalized spacial score (nSPS) is 12.5. The number of esters is 1. The number of benzene rings is 1. The Bertz CT molecular complexity index is 945. The van der Waals surface area contributed by atoms with E-state index in [4.69, 9.17) is 16.3 Å². The van der Waals surface area contributed by atoms with Gasteiger partial charge in [-0.1, -0.05) is 17.7 Å². The van der Waals surface area contributed by atoms with Crippen LogP contribution in [0.2, 0.25) is 5.02 Å². The van der Waals surface area contributed by atoms with E-state index in [1.54, 1.807) is 6.07 Å². The van der Waals surface area contributed by atoms with E-state index in [0.29, 0.717) is 5.02 Å². The molecule has 1 heterocycles. The molecule has 0 fully saturated rings. The molecule has 0 aliphatic carbocycles. The summed E-state index contributed by atoms with van der Waals surface area (Å²) in [5, 5.41) is 2.90. The second-order valence-electron chi connectivity index (χ2n) is 5.71. The van der Waals surface area contributed by atoms with Crippen LogP contribution in [0, 0.1) is 0 Å². The Hall–Kier alpha value is -2.49. The Morgan fingerprint density at radius 1 is 1.22 bits per heavy atom. The highest BCUT2D eigenvalue weighted by molar-refractivity contribution is 7.89. The molecule has 10 heteroatoms. The molecule has 2 rings (SSSR count). The van der Waals surface area contributed by atoms with Crippen LogP contribution in [-0.2, 0) is 19.6 Å². The molecule has 0 bridgehead atoms. The molecule has 0 aliphatic heterocycles. The molecule has 1 atom stereocenters. The quantitative estimate of drug-likeness (QED) is 0.730. The van der Waals surface area contributed by atoms with Gasteiger partial charge >= 0.3 is 5.97 Å². The first-order valence-corrected chi connectivity index (χ1v) is 9.59. The molecular weight excluding hydrogens is 394 g/mol. The van der Waals surface area contributed by atoms with Crippen molar-refractivity contribution < 1.29 is 22.7 Å². The summed E-state index contributed by atoms with van der Waals surface area (Å²) in [5.74, 6) is -1.15. The van der Waals surface area contributed by atoms with Crippen molar-refractivity contribution in [2.24, 2.45) is 0 Å². The minimum atomic E-state index is -3.69. The van der Waals surface area contributed by atoms with Crippen molar-refractivity contribution in [2.45, 2.75) is 17.9 Å². The van der Waals surface area contributed by atoms with Gasteiger partial charge in [0.2, 0.25) is 10.0 Å². The van der Waals surface area contributed by atoms with Gasteiger partial charge in [-0.25, -0.2) is 22.5 Å². The first kappa shape index (κ1) is 20.8. The van der Waals surface area contributed by atoms with E-state index < -0.39 is 28.0 Å². The summed E-state index contributed by atoms with van der Waals surface area (Å²) < 4.78 is 30.5. The molecule has 1 aromatic heterocycles. The van der Waals surface area contributed by atoms with Crippen molar-refractivity contribution in [3.05, 3.63) is 53.2 Å². The molecule has 0 saturated heterocycles. The Labute approximate surface area is 162 Å². The number of sulfonamides is 1. The summed E-state index contributed by atoms with van der Waals surface area (Å²) in [6.07, 6.45) is 0.244. The summed E-state index contributed by atoms with van der Waals surface area (Å²) in [6.45, 7) is 1.39. The zero-order valence-electron chi connectivity index (χ0n) is 14.8. The summed E-state index contributed by atoms with van der Waals surface area (Å²) >= 11 is 5.72. The molecule has 144 valence electrons. The third-order valence-electron chi connectivity index (χ3n) is 3.48. The van der Waals surface area contributed by atoms with E-state index in [1.165, 1.54) is 57.5 Å². The van der Waals surface area contributed by atoms with Crippen LogP contribution < -0.4 is 5.32 Å². The smallest absolute Gasteiger partial charge is 0.338 e. The van der Waals surface area contributed by atoms with Crippen molar-refractivity contribution in [2.75, 3.05) is 19.4 Å². The van der Waals surface area contributed by atoms with Crippen LogP contribution in [0.1, 0.15) is 17.3 Å². The van der Waals surface area contributed by atoms with E-state index in [0.717, 1.165) is 4.31 Å². The molecule has 1 aromatic carbocycles. The zero-order valence-corrected chi connectivity index (χ0v) is 16.4. The first-order valence-electron chi connectivity index (χ1n) is 7.77. The van der Waals surface area contributed by atoms with Crippen LogP contribution in [0.5, 0.6) is 0 Å². The molecule has 2 aromatic rings. The van der Waals surface area contributed by atoms with Crippen LogP contribution >= 0.6 is 11.6 Å². The predicted molar refractivity (Wildman–Crippen MR) is 100 cm³/mol. The van der Waals surface area contributed by atoms with Crippen LogP contribution in [0.4, 0.5) is 5.82 Å². The fraction of sp³-hybridized carbons (Fsp3) is 0.235. The number of amides is 1. The van der Waals surface area contributed by atoms with Crippen molar-refractivity contribution in [3.63, 3.8) is 0 Å². The van der Waals surface area contributed by atoms with Gasteiger partial charge in [0.1, 0.15) is 5.82 Å². The number of carbonyl (C=O) groups excluding carboxylic acids is 2. The molecule has 1 N–H and O–H groups in total. The molecule has 1 amide bonds. The highest BCUT2D eigenvalue weighted by Crippen LogP contribution is 2.16. The standard InChI is InChI=1S/C17H18ClN3O5S/c1-11(16(22)20-15-8-7-13(18)10-19-15)26-17(23)12-5-4-6-14(9-12)27(24,25)21(2)3/h4-11H,1-3H3,(H,19,20,22)/t11-/m1/s1. The van der Waals surface area contributed by atoms with Crippen LogP contribution in [0.3, 0.4) is 0 Å². The monoisotopic (exact) mass is 411 g/mol. The number of halogens is 1. The molecule has 8 nitrogen and oxygen atoms in total. The molecule has 27 heavy (non-hydrogen) atoms. The minimum Gasteiger partial charge on any atom is -0.449 e. The van der Waals surface area contributed by atoms with Gasteiger partial charge in [0.25, 0.3) is 5.91 Å². The summed E-state index contributed by atoms with van der Waals surface area (Å²) in [4.78, 5) is 28.2. The van der Waals surface area contributed by atoms with E-state index in [9.17, 15) is 18.0 Å². The SMILES string of the molecule is C[C@@H](OC(=O)c1cccc(S(=O)(=O)N(C)C)c1)C(=O)Nc1ccc(Cl)cn1. The fourth-order valence-corrected chi connectivity index (χ4v) is 3.01. The van der Waals surface area contributed by atoms with Gasteiger partial charge in [0.05, 0.1) is 15.5 Å². The third kappa shape index (κ3) is 5.25. The number of rotatable bonds is 6. The number of hydrogen-bond acceptors (Lipinski definition) is 6. The minimum absolute atomic E-state index is 0.0159. The second kappa shape index (κ2) is 8.47. The Kier molecular flexibility index (Phi) is 6.53. The molecule has 0 radical (unpaired) electrons. The molecule has 0 spiro atoms. The van der Waals surface area contributed by atoms with Gasteiger partial charge in [-0.3, -0.25) is 4.79 Å². The lowest BCUT2D eigenvalue weighted by atomic mass is 10.2. The van der Waals surface area contributed by atoms with Gasteiger partial charge < -0.3 is 10.1 Å². The summed E-state index contributed by atoms with van der Waals surface area (Å²) in [7, 11) is -0.922. The number of ether oxygens (including phenoxy) is 1. The summed E-state index contributed by atoms with van der Waals surface area (Å²) in [5.41, 5.74) is 0.0159. The lowest BCUT2D eigenvalue weighted by Gasteiger charge is -2.14. The Balaban J connectivity index is 2.08. The largest absolute Gasteiger partial charge is 0.449 e. The van der Waals surface area contributed by atoms with Crippen LogP contribution in [0.15, 0.2) is 47.5 Å². The lowest BCUT2D eigenvalue weighted by molar-refractivity contribution is -0.123. The number of nitrogens with one attached hydrogen (secondary N) is 1. The maximum atomic E-state index is 12.3. The summed E-state index contributed by atoms with van der Waals surface area (Å²) in [6, 6.07) is 8.46. The van der Waals surface area contributed by atoms with Crippen molar-refractivity contribution in [3.8, 4) is 0 Å². The van der Waals surface area contributed by atoms with Crippen molar-refractivity contribution >= 4 is 39.3 Å². The fourth-order valence-electron chi connectivity index (χ4n) is 1.95. The number of anilines is 1. The van der Waals surface area contributed by atoms with Crippen LogP contribution in [-0.4, -0.2) is 49.8 Å². The highest BCUT2D eigenvalue weighted by Gasteiger charge is 2.22. The molecule has 0 aliphatic rings. The Morgan fingerprint density at radius 3 is 2.52 bits per heavy atom. The van der Waals surface area contributed by atoms with Crippen molar-refractivity contribution in [1.82, 2.24) is 9.29 Å². The number of aromatic nitrogens is 1. The molecule has 0 unspecified atom stereocenters. The average Bonchev–Trinajstić information content (AvgIpc) is 2.63. The number of nitrogens with zero attached hydrogens (tertiary/aromatic N) is 2. The van der Waals surface area contributed by atoms with E-state index in [1.807, 2.05) is 0 Å². The maximum absolute atomic E-state index is 12.3. The topological polar surface area (TPSA) is 106 Å². The first-order chi connectivity index (χ1) is 12.6. The number of carbonyl (C=O) groups is 2. The number of pyridine rings is 1. The number of hydrogen-bond donors (Lipinski definition) is 1. The van der Waals surface area contributed by atoms with E-state index in [-0.39, 0.29) is 16.3 Å². The third-order valence-corrected chi connectivity index (χ3v) is 5.51. The maximum Gasteiger partial charge on any atom is 0.338 e. The lowest BCUT2D eigenvalue weighted by Crippen LogP contribution is -2.30. The van der Waals surface area contributed by atoms with Crippen molar-refractivity contribution in [1.29, 1.82) is 0 Å². The van der Waals surface area contributed by atoms with Gasteiger partial charge in [0.15, 0.2) is 6.10 Å². The predicted octanol–water partition coefficient (Wildman–Crippen LogP) is 2.17. The van der Waals surface area contributed by atoms with Crippen LogP contribution in [0.25, 0.3) is 0 Å². The average molecular weight is 412 g/mol. The highest BCUT2D eigenvalue weighted by atomic mass is 35.5. The Morgan fingerprint density at radius 2 is 1.93 bits per heavy atom.